The zero-order valence-electron chi connectivity index (χ0n) is 11.7. The van der Waals surface area contributed by atoms with Gasteiger partial charge in [0.15, 0.2) is 6.79 Å². The van der Waals surface area contributed by atoms with Crippen molar-refractivity contribution in [1.29, 1.82) is 0 Å². The van der Waals surface area contributed by atoms with Gasteiger partial charge in [0.2, 0.25) is 11.9 Å². The van der Waals surface area contributed by atoms with Crippen molar-refractivity contribution in [2.24, 2.45) is 5.92 Å². The Bertz CT molecular complexity index is 621. The zero-order chi connectivity index (χ0) is 15.7. The third-order valence-corrected chi connectivity index (χ3v) is 3.81. The molecule has 0 spiro atoms. The molecule has 1 heterocycles. The van der Waals surface area contributed by atoms with Crippen LogP contribution in [0, 0.1) is 21.8 Å². The van der Waals surface area contributed by atoms with Crippen molar-refractivity contribution in [3.05, 3.63) is 39.2 Å². The van der Waals surface area contributed by atoms with Crippen molar-refractivity contribution in [3.8, 4) is 5.75 Å². The molecule has 2 atom stereocenters. The van der Waals surface area contributed by atoms with Crippen LogP contribution in [0.4, 0.5) is 4.39 Å². The summed E-state index contributed by atoms with van der Waals surface area (Å²) in [4.78, 5) is 21.8. The van der Waals surface area contributed by atoms with Gasteiger partial charge in [0.1, 0.15) is 17.5 Å². The molecular formula is C14H15FN2O5. The van der Waals surface area contributed by atoms with E-state index in [0.717, 1.165) is 0 Å². The Morgan fingerprint density at radius 2 is 2.32 bits per heavy atom. The molecule has 0 unspecified atom stereocenters. The largest absolute Gasteiger partial charge is 0.467 e. The van der Waals surface area contributed by atoms with E-state index >= 15 is 0 Å². The van der Waals surface area contributed by atoms with Gasteiger partial charge in [-0.2, -0.15) is 0 Å². The average Bonchev–Trinajstić information content (AvgIpc) is 3.27. The number of amides is 1. The second-order valence-electron chi connectivity index (χ2n) is 5.40. The van der Waals surface area contributed by atoms with Gasteiger partial charge >= 0.3 is 0 Å². The maximum absolute atomic E-state index is 13.5. The number of nitro groups is 1. The SMILES string of the molecule is O=C(NCCc1cc(F)cc2c1OCOC2)[C@H]1C[C@@H]1[N+](=O)[O-]. The van der Waals surface area contributed by atoms with Gasteiger partial charge < -0.3 is 14.8 Å². The molecule has 8 heteroatoms. The van der Waals surface area contributed by atoms with Crippen LogP contribution in [-0.4, -0.2) is 30.2 Å². The van der Waals surface area contributed by atoms with Crippen LogP contribution in [0.2, 0.25) is 0 Å². The molecule has 7 nitrogen and oxygen atoms in total. The first-order valence-corrected chi connectivity index (χ1v) is 6.99. The number of ether oxygens (including phenoxy) is 2. The summed E-state index contributed by atoms with van der Waals surface area (Å²) in [7, 11) is 0. The summed E-state index contributed by atoms with van der Waals surface area (Å²) in [5, 5.41) is 13.2. The molecule has 1 fully saturated rings. The summed E-state index contributed by atoms with van der Waals surface area (Å²) in [5.74, 6) is -0.654. The molecule has 3 rings (SSSR count). The highest BCUT2D eigenvalue weighted by molar-refractivity contribution is 5.81. The predicted molar refractivity (Wildman–Crippen MR) is 72.3 cm³/mol. The van der Waals surface area contributed by atoms with Crippen molar-refractivity contribution in [1.82, 2.24) is 5.32 Å². The van der Waals surface area contributed by atoms with E-state index < -0.39 is 16.9 Å². The summed E-state index contributed by atoms with van der Waals surface area (Å²) >= 11 is 0. The Hall–Kier alpha value is -2.22. The number of fused-ring (bicyclic) bond motifs is 1. The molecule has 1 amide bonds. The molecule has 1 aromatic carbocycles. The number of nitrogens with zero attached hydrogens (tertiary/aromatic N) is 1. The van der Waals surface area contributed by atoms with Crippen molar-refractivity contribution in [2.45, 2.75) is 25.5 Å². The monoisotopic (exact) mass is 310 g/mol. The van der Waals surface area contributed by atoms with Gasteiger partial charge in [0.25, 0.3) is 0 Å². The van der Waals surface area contributed by atoms with E-state index in [1.807, 2.05) is 0 Å². The molecule has 1 N–H and O–H groups in total. The van der Waals surface area contributed by atoms with E-state index in [1.54, 1.807) is 0 Å². The molecule has 1 saturated carbocycles. The highest BCUT2D eigenvalue weighted by Gasteiger charge is 2.53. The van der Waals surface area contributed by atoms with Gasteiger partial charge in [-0.25, -0.2) is 4.39 Å². The Kier molecular flexibility index (Phi) is 3.93. The van der Waals surface area contributed by atoms with Crippen LogP contribution >= 0.6 is 0 Å². The molecule has 0 aromatic heterocycles. The van der Waals surface area contributed by atoms with Gasteiger partial charge in [0.05, 0.1) is 6.61 Å². The Morgan fingerprint density at radius 1 is 1.50 bits per heavy atom. The van der Waals surface area contributed by atoms with Gasteiger partial charge in [0, 0.05) is 23.5 Å². The number of carbonyl (C=O) groups is 1. The second kappa shape index (κ2) is 5.88. The molecule has 118 valence electrons. The molecule has 22 heavy (non-hydrogen) atoms. The lowest BCUT2D eigenvalue weighted by molar-refractivity contribution is -0.497. The molecule has 1 aliphatic carbocycles. The van der Waals surface area contributed by atoms with E-state index in [9.17, 15) is 19.3 Å². The highest BCUT2D eigenvalue weighted by Crippen LogP contribution is 2.33. The molecular weight excluding hydrogens is 295 g/mol. The Labute approximate surface area is 125 Å². The van der Waals surface area contributed by atoms with Crippen molar-refractivity contribution in [2.75, 3.05) is 13.3 Å². The van der Waals surface area contributed by atoms with Crippen LogP contribution < -0.4 is 10.1 Å². The highest BCUT2D eigenvalue weighted by atomic mass is 19.1. The predicted octanol–water partition coefficient (Wildman–Crippen LogP) is 1.02. The standard InChI is InChI=1S/C14H15FN2O5/c15-10-3-8(13-9(4-10)6-21-7-22-13)1-2-16-14(18)11-5-12(11)17(19)20/h3-4,11-12H,1-2,5-7H2,(H,16,18)/t11-,12-/m0/s1. The molecule has 1 aliphatic heterocycles. The number of halogens is 1. The lowest BCUT2D eigenvalue weighted by Crippen LogP contribution is -2.29. The fourth-order valence-corrected chi connectivity index (χ4v) is 2.59. The minimum atomic E-state index is -0.762. The van der Waals surface area contributed by atoms with Gasteiger partial charge in [-0.1, -0.05) is 0 Å². The van der Waals surface area contributed by atoms with Gasteiger partial charge in [-0.05, 0) is 24.1 Å². The molecule has 2 aliphatic rings. The fraction of sp³-hybridized carbons (Fsp3) is 0.500. The maximum atomic E-state index is 13.5. The van der Waals surface area contributed by atoms with Gasteiger partial charge in [-0.15, -0.1) is 0 Å². The van der Waals surface area contributed by atoms with E-state index in [-0.39, 0.29) is 31.5 Å². The molecule has 0 saturated heterocycles. The normalized spacial score (nSPS) is 22.4. The molecule has 0 bridgehead atoms. The number of benzene rings is 1. The first-order valence-electron chi connectivity index (χ1n) is 6.99. The number of carbonyl (C=O) groups excluding carboxylic acids is 1. The van der Waals surface area contributed by atoms with Crippen LogP contribution in [-0.2, 0) is 22.6 Å². The van der Waals surface area contributed by atoms with Crippen LogP contribution in [0.3, 0.4) is 0 Å². The summed E-state index contributed by atoms with van der Waals surface area (Å²) in [6, 6.07) is 1.97. The summed E-state index contributed by atoms with van der Waals surface area (Å²) in [5.41, 5.74) is 1.29. The van der Waals surface area contributed by atoms with E-state index in [4.69, 9.17) is 9.47 Å². The first-order chi connectivity index (χ1) is 10.6. The minimum Gasteiger partial charge on any atom is -0.467 e. The van der Waals surface area contributed by atoms with E-state index in [0.29, 0.717) is 29.9 Å². The van der Waals surface area contributed by atoms with Crippen molar-refractivity contribution >= 4 is 5.91 Å². The van der Waals surface area contributed by atoms with Crippen molar-refractivity contribution in [3.63, 3.8) is 0 Å². The van der Waals surface area contributed by atoms with E-state index in [2.05, 4.69) is 5.32 Å². The first kappa shape index (κ1) is 14.7. The lowest BCUT2D eigenvalue weighted by atomic mass is 10.1. The van der Waals surface area contributed by atoms with E-state index in [1.165, 1.54) is 12.1 Å². The van der Waals surface area contributed by atoms with Crippen LogP contribution in [0.1, 0.15) is 17.5 Å². The number of nitrogens with one attached hydrogen (secondary N) is 1. The quantitative estimate of drug-likeness (QED) is 0.647. The maximum Gasteiger partial charge on any atom is 0.230 e. The van der Waals surface area contributed by atoms with Crippen LogP contribution in [0.5, 0.6) is 5.75 Å². The van der Waals surface area contributed by atoms with Crippen LogP contribution in [0.25, 0.3) is 0 Å². The summed E-state index contributed by atoms with van der Waals surface area (Å²) in [6.45, 7) is 0.684. The average molecular weight is 310 g/mol. The number of hydrogen-bond donors (Lipinski definition) is 1. The summed E-state index contributed by atoms with van der Waals surface area (Å²) in [6.07, 6.45) is 0.677. The lowest BCUT2D eigenvalue weighted by Gasteiger charge is -2.20. The number of rotatable bonds is 5. The molecule has 0 radical (unpaired) electrons. The summed E-state index contributed by atoms with van der Waals surface area (Å²) < 4.78 is 24.0. The number of hydrogen-bond acceptors (Lipinski definition) is 5. The Balaban J connectivity index is 1.57. The third-order valence-electron chi connectivity index (χ3n) is 3.81. The smallest absolute Gasteiger partial charge is 0.230 e. The Morgan fingerprint density at radius 3 is 3.05 bits per heavy atom. The van der Waals surface area contributed by atoms with Crippen LogP contribution in [0.15, 0.2) is 12.1 Å². The second-order valence-corrected chi connectivity index (χ2v) is 5.40. The topological polar surface area (TPSA) is 90.7 Å². The molecule has 1 aromatic rings. The van der Waals surface area contributed by atoms with Crippen molar-refractivity contribution < 1.29 is 23.6 Å². The van der Waals surface area contributed by atoms with Gasteiger partial charge in [-0.3, -0.25) is 14.9 Å². The fourth-order valence-electron chi connectivity index (χ4n) is 2.59. The third kappa shape index (κ3) is 3.01. The zero-order valence-corrected chi connectivity index (χ0v) is 11.7. The minimum absolute atomic E-state index is 0.116.